The van der Waals surface area contributed by atoms with Gasteiger partial charge >= 0.3 is 6.61 Å². The molecule has 0 aliphatic carbocycles. The van der Waals surface area contributed by atoms with Crippen LogP contribution in [0.25, 0.3) is 11.1 Å². The van der Waals surface area contributed by atoms with Crippen LogP contribution in [0.1, 0.15) is 24.0 Å². The molecule has 1 aromatic heterocycles. The van der Waals surface area contributed by atoms with Gasteiger partial charge in [-0.05, 0) is 53.4 Å². The van der Waals surface area contributed by atoms with Gasteiger partial charge < -0.3 is 10.5 Å². The predicted molar refractivity (Wildman–Crippen MR) is 104 cm³/mol. The van der Waals surface area contributed by atoms with Crippen molar-refractivity contribution in [2.45, 2.75) is 25.0 Å². The molecule has 1 aliphatic heterocycles. The van der Waals surface area contributed by atoms with Gasteiger partial charge in [-0.15, -0.1) is 0 Å². The number of benzene rings is 2. The molecule has 1 aliphatic rings. The van der Waals surface area contributed by atoms with Crippen molar-refractivity contribution in [2.24, 2.45) is 10.7 Å². The number of aliphatic imine (C=N–C) groups is 1. The van der Waals surface area contributed by atoms with Crippen LogP contribution in [0.15, 0.2) is 71.9 Å². The second-order valence-electron chi connectivity index (χ2n) is 6.79. The van der Waals surface area contributed by atoms with Gasteiger partial charge in [0.1, 0.15) is 11.3 Å². The fourth-order valence-electron chi connectivity index (χ4n) is 3.71. The summed E-state index contributed by atoms with van der Waals surface area (Å²) in [7, 11) is 0. The van der Waals surface area contributed by atoms with Gasteiger partial charge in [0, 0.05) is 18.2 Å². The maximum absolute atomic E-state index is 14.2. The highest BCUT2D eigenvalue weighted by molar-refractivity contribution is 5.84. The van der Waals surface area contributed by atoms with Crippen molar-refractivity contribution in [3.8, 4) is 16.9 Å². The molecule has 2 heterocycles. The van der Waals surface area contributed by atoms with Crippen molar-refractivity contribution >= 4 is 5.84 Å². The molecule has 0 radical (unpaired) electrons. The Morgan fingerprint density at radius 1 is 1.00 bits per heavy atom. The smallest absolute Gasteiger partial charge is 0.387 e. The molecule has 0 bridgehead atoms. The number of hydrogen-bond acceptors (Lipinski definition) is 4. The number of aromatic nitrogens is 1. The molecule has 2 N–H and O–H groups in total. The van der Waals surface area contributed by atoms with Crippen LogP contribution in [0.3, 0.4) is 0 Å². The molecule has 1 atom stereocenters. The van der Waals surface area contributed by atoms with E-state index < -0.39 is 18.1 Å². The average molecular weight is 397 g/mol. The summed E-state index contributed by atoms with van der Waals surface area (Å²) in [4.78, 5) is 8.42. The fourth-order valence-corrected chi connectivity index (χ4v) is 3.71. The summed E-state index contributed by atoms with van der Waals surface area (Å²) in [5.41, 5.74) is 7.92. The molecule has 0 saturated heterocycles. The highest BCUT2D eigenvalue weighted by Gasteiger charge is 2.38. The van der Waals surface area contributed by atoms with Crippen molar-refractivity contribution in [2.75, 3.05) is 0 Å². The lowest BCUT2D eigenvalue weighted by Gasteiger charge is -2.28. The van der Waals surface area contributed by atoms with Gasteiger partial charge in [-0.1, -0.05) is 30.3 Å². The Hall–Kier alpha value is -3.35. The Bertz CT molecular complexity index is 1050. The van der Waals surface area contributed by atoms with Crippen molar-refractivity contribution in [3.63, 3.8) is 0 Å². The maximum Gasteiger partial charge on any atom is 0.387 e. The molecule has 2 aromatic carbocycles. The molecule has 4 nitrogen and oxygen atoms in total. The first-order chi connectivity index (χ1) is 14.0. The normalized spacial score (nSPS) is 18.7. The first kappa shape index (κ1) is 19.0. The van der Waals surface area contributed by atoms with Crippen molar-refractivity contribution in [1.29, 1.82) is 0 Å². The fraction of sp³-hybridized carbons (Fsp3) is 0.182. The third kappa shape index (κ3) is 3.68. The zero-order valence-electron chi connectivity index (χ0n) is 15.4. The molecule has 0 amide bonds. The lowest BCUT2D eigenvalue weighted by Crippen LogP contribution is -2.23. The lowest BCUT2D eigenvalue weighted by molar-refractivity contribution is -0.0498. The maximum atomic E-state index is 14.2. The van der Waals surface area contributed by atoms with E-state index >= 15 is 0 Å². The zero-order valence-corrected chi connectivity index (χ0v) is 15.4. The minimum Gasteiger partial charge on any atom is -0.435 e. The molecule has 7 heteroatoms. The van der Waals surface area contributed by atoms with E-state index in [1.165, 1.54) is 18.3 Å². The summed E-state index contributed by atoms with van der Waals surface area (Å²) >= 11 is 0. The highest BCUT2D eigenvalue weighted by atomic mass is 19.3. The predicted octanol–water partition coefficient (Wildman–Crippen LogP) is 4.88. The summed E-state index contributed by atoms with van der Waals surface area (Å²) in [6.45, 7) is -2.89. The summed E-state index contributed by atoms with van der Waals surface area (Å²) in [5.74, 6) is 0.0255. The SMILES string of the molecule is NC1=NC(c2ccc(OC(F)F)cc2)(c2cccc(-c3cccnc3F)c2)CC1. The van der Waals surface area contributed by atoms with Crippen molar-refractivity contribution < 1.29 is 17.9 Å². The summed E-state index contributed by atoms with van der Waals surface area (Å²) < 4.78 is 43.5. The Morgan fingerprint density at radius 3 is 2.45 bits per heavy atom. The van der Waals surface area contributed by atoms with Crippen LogP contribution in [0.4, 0.5) is 13.2 Å². The van der Waals surface area contributed by atoms with Gasteiger partial charge in [-0.2, -0.15) is 13.2 Å². The van der Waals surface area contributed by atoms with Crippen LogP contribution in [0.5, 0.6) is 5.75 Å². The van der Waals surface area contributed by atoms with E-state index in [0.717, 1.165) is 11.1 Å². The highest BCUT2D eigenvalue weighted by Crippen LogP contribution is 2.43. The Kier molecular flexibility index (Phi) is 4.96. The van der Waals surface area contributed by atoms with Crippen LogP contribution < -0.4 is 10.5 Å². The molecule has 0 spiro atoms. The van der Waals surface area contributed by atoms with Gasteiger partial charge in [-0.3, -0.25) is 4.99 Å². The number of halogens is 3. The third-order valence-electron chi connectivity index (χ3n) is 5.04. The van der Waals surface area contributed by atoms with Crippen molar-refractivity contribution in [3.05, 3.63) is 83.9 Å². The number of amidine groups is 1. The summed E-state index contributed by atoms with van der Waals surface area (Å²) in [6, 6.07) is 17.1. The van der Waals surface area contributed by atoms with Gasteiger partial charge in [0.25, 0.3) is 0 Å². The van der Waals surface area contributed by atoms with Crippen LogP contribution >= 0.6 is 0 Å². The number of pyridine rings is 1. The van der Waals surface area contributed by atoms with E-state index in [9.17, 15) is 13.2 Å². The molecule has 0 fully saturated rings. The Labute approximate surface area is 165 Å². The van der Waals surface area contributed by atoms with Gasteiger partial charge in [0.15, 0.2) is 0 Å². The topological polar surface area (TPSA) is 60.5 Å². The lowest BCUT2D eigenvalue weighted by atomic mass is 9.80. The largest absolute Gasteiger partial charge is 0.435 e. The van der Waals surface area contributed by atoms with E-state index in [-0.39, 0.29) is 5.75 Å². The zero-order chi connectivity index (χ0) is 20.4. The van der Waals surface area contributed by atoms with Crippen LogP contribution in [-0.2, 0) is 5.54 Å². The van der Waals surface area contributed by atoms with E-state index in [2.05, 4.69) is 9.72 Å². The first-order valence-corrected chi connectivity index (χ1v) is 9.09. The Morgan fingerprint density at radius 2 is 1.79 bits per heavy atom. The monoisotopic (exact) mass is 397 g/mol. The summed E-state index contributed by atoms with van der Waals surface area (Å²) in [6.07, 6.45) is 2.61. The van der Waals surface area contributed by atoms with Crippen molar-refractivity contribution in [1.82, 2.24) is 4.98 Å². The number of nitrogens with zero attached hydrogens (tertiary/aromatic N) is 2. The number of nitrogens with two attached hydrogens (primary N) is 1. The van der Waals surface area contributed by atoms with Crippen LogP contribution in [-0.4, -0.2) is 17.4 Å². The second-order valence-corrected chi connectivity index (χ2v) is 6.79. The molecule has 4 rings (SSSR count). The molecular weight excluding hydrogens is 379 g/mol. The number of ether oxygens (including phenoxy) is 1. The molecule has 148 valence electrons. The van der Waals surface area contributed by atoms with E-state index in [1.807, 2.05) is 18.2 Å². The van der Waals surface area contributed by atoms with E-state index in [4.69, 9.17) is 10.7 Å². The van der Waals surface area contributed by atoms with E-state index in [1.54, 1.807) is 30.3 Å². The Balaban J connectivity index is 1.79. The molecular formula is C22H18F3N3O. The minimum atomic E-state index is -2.89. The van der Waals surface area contributed by atoms with Gasteiger partial charge in [-0.25, -0.2) is 4.98 Å². The second kappa shape index (κ2) is 7.58. The molecule has 3 aromatic rings. The quantitative estimate of drug-likeness (QED) is 0.624. The standard InChI is InChI=1S/C22H18F3N3O/c23-20-18(5-2-12-27-20)14-3-1-4-16(13-14)22(11-10-19(26)28-22)15-6-8-17(9-7-15)29-21(24)25/h1-9,12-13,21H,10-11H2,(H2,26,28). The first-order valence-electron chi connectivity index (χ1n) is 9.09. The summed E-state index contributed by atoms with van der Waals surface area (Å²) in [5, 5.41) is 0. The van der Waals surface area contributed by atoms with Crippen LogP contribution in [0, 0.1) is 5.95 Å². The molecule has 0 saturated carbocycles. The molecule has 1 unspecified atom stereocenters. The third-order valence-corrected chi connectivity index (χ3v) is 5.04. The minimum absolute atomic E-state index is 0.0695. The molecule has 29 heavy (non-hydrogen) atoms. The number of hydrogen-bond donors (Lipinski definition) is 1. The van der Waals surface area contributed by atoms with E-state index in [0.29, 0.717) is 29.8 Å². The van der Waals surface area contributed by atoms with Crippen LogP contribution in [0.2, 0.25) is 0 Å². The number of alkyl halides is 2. The van der Waals surface area contributed by atoms with Gasteiger partial charge in [0.05, 0.1) is 5.84 Å². The average Bonchev–Trinajstić information content (AvgIpc) is 3.11. The number of rotatable bonds is 5. The van der Waals surface area contributed by atoms with Gasteiger partial charge in [0.2, 0.25) is 5.95 Å².